The average Bonchev–Trinajstić information content (AvgIpc) is 2.84. The van der Waals surface area contributed by atoms with E-state index in [-0.39, 0.29) is 0 Å². The average molecular weight is 374 g/mol. The van der Waals surface area contributed by atoms with Crippen LogP contribution in [0.15, 0.2) is 45.6 Å². The van der Waals surface area contributed by atoms with Crippen molar-refractivity contribution in [2.24, 2.45) is 5.92 Å². The standard InChI is InChI=1S/C14H14Br2S/c15-9-13(8-12-5-6-17-10-12)7-11-1-3-14(16)4-2-11/h1-6,10,13H,7-9H2. The van der Waals surface area contributed by atoms with E-state index in [9.17, 15) is 0 Å². The van der Waals surface area contributed by atoms with Gasteiger partial charge in [-0.2, -0.15) is 11.3 Å². The summed E-state index contributed by atoms with van der Waals surface area (Å²) < 4.78 is 1.15. The van der Waals surface area contributed by atoms with Crippen molar-refractivity contribution >= 4 is 43.2 Å². The first kappa shape index (κ1) is 13.3. The molecule has 3 heteroatoms. The summed E-state index contributed by atoms with van der Waals surface area (Å²) in [5.41, 5.74) is 2.87. The Balaban J connectivity index is 1.97. The van der Waals surface area contributed by atoms with Gasteiger partial charge in [0.05, 0.1) is 0 Å². The van der Waals surface area contributed by atoms with Crippen LogP contribution in [0.3, 0.4) is 0 Å². The molecule has 0 radical (unpaired) electrons. The molecule has 0 bridgehead atoms. The molecule has 0 aliphatic heterocycles. The van der Waals surface area contributed by atoms with E-state index in [2.05, 4.69) is 73.0 Å². The highest BCUT2D eigenvalue weighted by atomic mass is 79.9. The van der Waals surface area contributed by atoms with Crippen LogP contribution in [0.1, 0.15) is 11.1 Å². The van der Waals surface area contributed by atoms with E-state index in [1.807, 2.05) is 0 Å². The highest BCUT2D eigenvalue weighted by molar-refractivity contribution is 9.10. The third kappa shape index (κ3) is 4.23. The molecule has 1 atom stereocenters. The smallest absolute Gasteiger partial charge is 0.0175 e. The number of rotatable bonds is 5. The summed E-state index contributed by atoms with van der Waals surface area (Å²) in [6.07, 6.45) is 2.29. The summed E-state index contributed by atoms with van der Waals surface area (Å²) in [5.74, 6) is 0.672. The first-order valence-electron chi connectivity index (χ1n) is 5.59. The molecule has 0 aliphatic carbocycles. The second-order valence-electron chi connectivity index (χ2n) is 4.19. The Morgan fingerprint density at radius 2 is 1.71 bits per heavy atom. The summed E-state index contributed by atoms with van der Waals surface area (Å²) in [6.45, 7) is 0. The van der Waals surface area contributed by atoms with Crippen molar-refractivity contribution in [1.29, 1.82) is 0 Å². The summed E-state index contributed by atoms with van der Waals surface area (Å²) in [5, 5.41) is 5.45. The minimum atomic E-state index is 0.672. The van der Waals surface area contributed by atoms with E-state index >= 15 is 0 Å². The SMILES string of the molecule is BrCC(Cc1ccc(Br)cc1)Cc1ccsc1. The Kier molecular flexibility index (Phi) is 5.26. The minimum absolute atomic E-state index is 0.672. The Morgan fingerprint density at radius 1 is 1.00 bits per heavy atom. The van der Waals surface area contributed by atoms with Gasteiger partial charge in [0, 0.05) is 9.80 Å². The van der Waals surface area contributed by atoms with E-state index in [1.54, 1.807) is 11.3 Å². The van der Waals surface area contributed by atoms with Gasteiger partial charge in [-0.3, -0.25) is 0 Å². The molecule has 0 aliphatic rings. The van der Waals surface area contributed by atoms with Gasteiger partial charge in [0.25, 0.3) is 0 Å². The predicted octanol–water partition coefficient (Wildman–Crippen LogP) is 5.31. The van der Waals surface area contributed by atoms with Crippen molar-refractivity contribution in [3.05, 3.63) is 56.7 Å². The Hall–Kier alpha value is -0.120. The van der Waals surface area contributed by atoms with Crippen molar-refractivity contribution in [3.8, 4) is 0 Å². The lowest BCUT2D eigenvalue weighted by Crippen LogP contribution is -2.09. The molecule has 1 aromatic carbocycles. The lowest BCUT2D eigenvalue weighted by atomic mass is 9.95. The monoisotopic (exact) mass is 372 g/mol. The van der Waals surface area contributed by atoms with Gasteiger partial charge in [0.15, 0.2) is 0 Å². The van der Waals surface area contributed by atoms with Gasteiger partial charge in [0.2, 0.25) is 0 Å². The van der Waals surface area contributed by atoms with Crippen LogP contribution in [-0.4, -0.2) is 5.33 Å². The van der Waals surface area contributed by atoms with Crippen LogP contribution in [-0.2, 0) is 12.8 Å². The van der Waals surface area contributed by atoms with E-state index in [1.165, 1.54) is 11.1 Å². The molecule has 0 saturated heterocycles. The van der Waals surface area contributed by atoms with E-state index in [4.69, 9.17) is 0 Å². The largest absolute Gasteiger partial charge is 0.152 e. The zero-order valence-electron chi connectivity index (χ0n) is 9.40. The predicted molar refractivity (Wildman–Crippen MR) is 83.2 cm³/mol. The lowest BCUT2D eigenvalue weighted by Gasteiger charge is -2.13. The quantitative estimate of drug-likeness (QED) is 0.623. The van der Waals surface area contributed by atoms with Crippen LogP contribution in [0.4, 0.5) is 0 Å². The number of halogens is 2. The number of alkyl halides is 1. The Morgan fingerprint density at radius 3 is 2.29 bits per heavy atom. The highest BCUT2D eigenvalue weighted by Gasteiger charge is 2.09. The molecule has 0 amide bonds. The van der Waals surface area contributed by atoms with Crippen molar-refractivity contribution in [2.75, 3.05) is 5.33 Å². The van der Waals surface area contributed by atoms with Gasteiger partial charge in [-0.05, 0) is 58.8 Å². The molecule has 0 N–H and O–H groups in total. The van der Waals surface area contributed by atoms with Crippen molar-refractivity contribution in [3.63, 3.8) is 0 Å². The topological polar surface area (TPSA) is 0 Å². The molecule has 0 nitrogen and oxygen atoms in total. The molecule has 0 spiro atoms. The number of hydrogen-bond donors (Lipinski definition) is 0. The molecule has 1 heterocycles. The normalized spacial score (nSPS) is 12.6. The minimum Gasteiger partial charge on any atom is -0.152 e. The number of thiophene rings is 1. The maximum atomic E-state index is 3.63. The molecular weight excluding hydrogens is 360 g/mol. The number of benzene rings is 1. The van der Waals surface area contributed by atoms with Crippen molar-refractivity contribution in [1.82, 2.24) is 0 Å². The summed E-state index contributed by atoms with van der Waals surface area (Å²) in [7, 11) is 0. The van der Waals surface area contributed by atoms with Crippen LogP contribution in [0, 0.1) is 5.92 Å². The van der Waals surface area contributed by atoms with Gasteiger partial charge in [-0.15, -0.1) is 0 Å². The first-order valence-corrected chi connectivity index (χ1v) is 8.45. The third-order valence-corrected chi connectivity index (χ3v) is 4.94. The molecule has 90 valence electrons. The maximum Gasteiger partial charge on any atom is 0.0175 e. The Bertz CT molecular complexity index is 434. The summed E-state index contributed by atoms with van der Waals surface area (Å²) in [6, 6.07) is 10.9. The zero-order valence-corrected chi connectivity index (χ0v) is 13.4. The Labute approximate surface area is 123 Å². The summed E-state index contributed by atoms with van der Waals surface area (Å²) >= 11 is 8.88. The van der Waals surface area contributed by atoms with Crippen LogP contribution in [0.5, 0.6) is 0 Å². The van der Waals surface area contributed by atoms with Gasteiger partial charge < -0.3 is 0 Å². The van der Waals surface area contributed by atoms with Gasteiger partial charge in [-0.1, -0.05) is 44.0 Å². The molecule has 1 unspecified atom stereocenters. The van der Waals surface area contributed by atoms with Crippen LogP contribution in [0.2, 0.25) is 0 Å². The zero-order chi connectivity index (χ0) is 12.1. The van der Waals surface area contributed by atoms with E-state index < -0.39 is 0 Å². The van der Waals surface area contributed by atoms with Gasteiger partial charge in [-0.25, -0.2) is 0 Å². The molecule has 0 saturated carbocycles. The summed E-state index contributed by atoms with van der Waals surface area (Å²) in [4.78, 5) is 0. The fourth-order valence-electron chi connectivity index (χ4n) is 1.88. The molecule has 2 aromatic rings. The van der Waals surface area contributed by atoms with Crippen LogP contribution < -0.4 is 0 Å². The third-order valence-electron chi connectivity index (χ3n) is 2.76. The second-order valence-corrected chi connectivity index (χ2v) is 6.53. The van der Waals surface area contributed by atoms with Crippen LogP contribution in [0.25, 0.3) is 0 Å². The van der Waals surface area contributed by atoms with E-state index in [0.717, 1.165) is 22.6 Å². The van der Waals surface area contributed by atoms with Crippen molar-refractivity contribution < 1.29 is 0 Å². The van der Waals surface area contributed by atoms with Crippen molar-refractivity contribution in [2.45, 2.75) is 12.8 Å². The van der Waals surface area contributed by atoms with Crippen LogP contribution >= 0.6 is 43.2 Å². The second kappa shape index (κ2) is 6.72. The number of hydrogen-bond acceptors (Lipinski definition) is 1. The fraction of sp³-hybridized carbons (Fsp3) is 0.286. The lowest BCUT2D eigenvalue weighted by molar-refractivity contribution is 0.592. The highest BCUT2D eigenvalue weighted by Crippen LogP contribution is 2.20. The molecular formula is C14H14Br2S. The maximum absolute atomic E-state index is 3.63. The molecule has 17 heavy (non-hydrogen) atoms. The van der Waals surface area contributed by atoms with Gasteiger partial charge >= 0.3 is 0 Å². The van der Waals surface area contributed by atoms with Gasteiger partial charge in [0.1, 0.15) is 0 Å². The molecule has 0 fully saturated rings. The van der Waals surface area contributed by atoms with E-state index in [0.29, 0.717) is 5.92 Å². The molecule has 1 aromatic heterocycles. The fourth-order valence-corrected chi connectivity index (χ4v) is 3.28. The first-order chi connectivity index (χ1) is 8.28. The molecule has 2 rings (SSSR count).